The number of amides is 1. The van der Waals surface area contributed by atoms with Crippen LogP contribution in [0.2, 0.25) is 0 Å². The first-order chi connectivity index (χ1) is 9.43. The van der Waals surface area contributed by atoms with Crippen LogP contribution in [0, 0.1) is 5.92 Å². The van der Waals surface area contributed by atoms with Crippen LogP contribution in [-0.4, -0.2) is 30.4 Å². The topological polar surface area (TPSA) is 58.4 Å². The Morgan fingerprint density at radius 2 is 1.86 bits per heavy atom. The van der Waals surface area contributed by atoms with E-state index in [-0.39, 0.29) is 42.7 Å². The highest BCUT2D eigenvalue weighted by Crippen LogP contribution is 2.08. The molecule has 128 valence electrons. The van der Waals surface area contributed by atoms with E-state index in [0.717, 1.165) is 18.7 Å². The van der Waals surface area contributed by atoms with Crippen molar-refractivity contribution in [2.24, 2.45) is 11.7 Å². The molecule has 2 unspecified atom stereocenters. The van der Waals surface area contributed by atoms with E-state index in [1.54, 1.807) is 0 Å². The van der Waals surface area contributed by atoms with Crippen LogP contribution in [0.15, 0.2) is 24.3 Å². The van der Waals surface area contributed by atoms with Crippen LogP contribution in [-0.2, 0) is 17.9 Å². The Kier molecular flexibility index (Phi) is 12.5. The highest BCUT2D eigenvalue weighted by Gasteiger charge is 2.16. The zero-order valence-corrected chi connectivity index (χ0v) is 15.5. The van der Waals surface area contributed by atoms with Gasteiger partial charge < -0.3 is 16.0 Å². The number of carbonyl (C=O) groups is 1. The van der Waals surface area contributed by atoms with Gasteiger partial charge in [0.15, 0.2) is 0 Å². The molecule has 0 aliphatic heterocycles. The van der Waals surface area contributed by atoms with Crippen molar-refractivity contribution in [1.29, 1.82) is 0 Å². The number of rotatable bonds is 7. The Bertz CT molecular complexity index is 441. The fourth-order valence-corrected chi connectivity index (χ4v) is 1.85. The van der Waals surface area contributed by atoms with Crippen molar-refractivity contribution >= 4 is 30.7 Å². The third kappa shape index (κ3) is 7.99. The Balaban J connectivity index is 0. The molecule has 4 nitrogen and oxygen atoms in total. The van der Waals surface area contributed by atoms with Crippen molar-refractivity contribution in [3.05, 3.63) is 35.4 Å². The lowest BCUT2D eigenvalue weighted by molar-refractivity contribution is -0.125. The van der Waals surface area contributed by atoms with Crippen LogP contribution in [0.25, 0.3) is 0 Å². The molecule has 1 aromatic rings. The van der Waals surface area contributed by atoms with E-state index in [9.17, 15) is 4.79 Å². The second-order valence-corrected chi connectivity index (χ2v) is 5.52. The number of hydrogen-bond acceptors (Lipinski definition) is 3. The summed E-state index contributed by atoms with van der Waals surface area (Å²) in [5.74, 6) is -0.152. The molecule has 0 aliphatic rings. The fraction of sp³-hybridized carbons (Fsp3) is 0.562. The van der Waals surface area contributed by atoms with E-state index in [1.807, 2.05) is 26.0 Å². The number of nitrogens with zero attached hydrogens (tertiary/aromatic N) is 1. The Morgan fingerprint density at radius 1 is 1.27 bits per heavy atom. The van der Waals surface area contributed by atoms with Gasteiger partial charge in [-0.2, -0.15) is 0 Å². The smallest absolute Gasteiger partial charge is 0.224 e. The molecule has 6 heteroatoms. The molecule has 0 fully saturated rings. The maximum Gasteiger partial charge on any atom is 0.224 e. The molecule has 0 bridgehead atoms. The summed E-state index contributed by atoms with van der Waals surface area (Å²) in [6.07, 6.45) is 0. The maximum atomic E-state index is 11.9. The predicted octanol–water partition coefficient (Wildman–Crippen LogP) is 2.58. The molecule has 3 N–H and O–H groups in total. The van der Waals surface area contributed by atoms with Crippen LogP contribution < -0.4 is 11.1 Å². The van der Waals surface area contributed by atoms with E-state index < -0.39 is 0 Å². The predicted molar refractivity (Wildman–Crippen MR) is 97.6 cm³/mol. The highest BCUT2D eigenvalue weighted by atomic mass is 35.5. The summed E-state index contributed by atoms with van der Waals surface area (Å²) in [6, 6.07) is 8.20. The Labute approximate surface area is 146 Å². The molecule has 0 radical (unpaired) electrons. The molecule has 1 aromatic carbocycles. The zero-order chi connectivity index (χ0) is 15.1. The molecular weight excluding hydrogens is 321 g/mol. The van der Waals surface area contributed by atoms with E-state index >= 15 is 0 Å². The van der Waals surface area contributed by atoms with Crippen molar-refractivity contribution < 1.29 is 4.79 Å². The average Bonchev–Trinajstić information content (AvgIpc) is 2.44. The normalized spacial score (nSPS) is 12.8. The summed E-state index contributed by atoms with van der Waals surface area (Å²) >= 11 is 0. The van der Waals surface area contributed by atoms with Crippen LogP contribution >= 0.6 is 24.8 Å². The van der Waals surface area contributed by atoms with Gasteiger partial charge in [0, 0.05) is 25.0 Å². The van der Waals surface area contributed by atoms with Crippen LogP contribution in [0.5, 0.6) is 0 Å². The standard InChI is InChI=1S/C16H27N3O.2ClH/c1-5-19(4)11-15-8-6-7-14(9-15)10-18-16(20)12(2)13(3)17;;/h6-9,12-13H,5,10-11,17H2,1-4H3,(H,18,20);2*1H. The average molecular weight is 350 g/mol. The minimum absolute atomic E-state index is 0. The van der Waals surface area contributed by atoms with Gasteiger partial charge in [-0.1, -0.05) is 38.1 Å². The van der Waals surface area contributed by atoms with Gasteiger partial charge >= 0.3 is 0 Å². The lowest BCUT2D eigenvalue weighted by Crippen LogP contribution is -2.38. The lowest BCUT2D eigenvalue weighted by Gasteiger charge is -2.16. The second-order valence-electron chi connectivity index (χ2n) is 5.52. The molecule has 0 saturated carbocycles. The van der Waals surface area contributed by atoms with Gasteiger partial charge in [0.25, 0.3) is 0 Å². The number of carbonyl (C=O) groups excluding carboxylic acids is 1. The van der Waals surface area contributed by atoms with E-state index in [2.05, 4.69) is 36.3 Å². The molecule has 0 saturated heterocycles. The number of hydrogen-bond donors (Lipinski definition) is 2. The third-order valence-corrected chi connectivity index (χ3v) is 3.65. The monoisotopic (exact) mass is 349 g/mol. The van der Waals surface area contributed by atoms with Crippen LogP contribution in [0.3, 0.4) is 0 Å². The van der Waals surface area contributed by atoms with E-state index in [4.69, 9.17) is 5.73 Å². The van der Waals surface area contributed by atoms with Gasteiger partial charge in [-0.05, 0) is 31.6 Å². The molecule has 0 aliphatic carbocycles. The maximum absolute atomic E-state index is 11.9. The van der Waals surface area contributed by atoms with Gasteiger partial charge in [-0.15, -0.1) is 24.8 Å². The third-order valence-electron chi connectivity index (χ3n) is 3.65. The van der Waals surface area contributed by atoms with Crippen molar-refractivity contribution in [3.63, 3.8) is 0 Å². The van der Waals surface area contributed by atoms with Crippen molar-refractivity contribution in [3.8, 4) is 0 Å². The summed E-state index contributed by atoms with van der Waals surface area (Å²) in [5.41, 5.74) is 8.12. The summed E-state index contributed by atoms with van der Waals surface area (Å²) < 4.78 is 0. The molecule has 2 atom stereocenters. The molecule has 1 rings (SSSR count). The Hall–Kier alpha value is -0.810. The van der Waals surface area contributed by atoms with E-state index in [1.165, 1.54) is 5.56 Å². The lowest BCUT2D eigenvalue weighted by atomic mass is 10.0. The minimum Gasteiger partial charge on any atom is -0.352 e. The summed E-state index contributed by atoms with van der Waals surface area (Å²) in [7, 11) is 2.10. The van der Waals surface area contributed by atoms with Gasteiger partial charge in [0.2, 0.25) is 5.91 Å². The molecule has 0 aromatic heterocycles. The first-order valence-corrected chi connectivity index (χ1v) is 7.23. The molecule has 0 heterocycles. The number of benzene rings is 1. The van der Waals surface area contributed by atoms with E-state index in [0.29, 0.717) is 6.54 Å². The van der Waals surface area contributed by atoms with Gasteiger partial charge in [0.05, 0.1) is 0 Å². The van der Waals surface area contributed by atoms with Gasteiger partial charge in [0.1, 0.15) is 0 Å². The fourth-order valence-electron chi connectivity index (χ4n) is 1.85. The Morgan fingerprint density at radius 3 is 2.41 bits per heavy atom. The SMILES string of the molecule is CCN(C)Cc1cccc(CNC(=O)C(C)C(C)N)c1.Cl.Cl. The summed E-state index contributed by atoms with van der Waals surface area (Å²) in [5, 5.41) is 2.94. The van der Waals surface area contributed by atoms with Gasteiger partial charge in [-0.3, -0.25) is 4.79 Å². The zero-order valence-electron chi connectivity index (χ0n) is 13.8. The summed E-state index contributed by atoms with van der Waals surface area (Å²) in [6.45, 7) is 8.35. The summed E-state index contributed by atoms with van der Waals surface area (Å²) in [4.78, 5) is 14.1. The van der Waals surface area contributed by atoms with Crippen LogP contribution in [0.1, 0.15) is 31.9 Å². The van der Waals surface area contributed by atoms with Crippen molar-refractivity contribution in [2.45, 2.75) is 39.9 Å². The first-order valence-electron chi connectivity index (χ1n) is 7.23. The van der Waals surface area contributed by atoms with Crippen molar-refractivity contribution in [1.82, 2.24) is 10.2 Å². The largest absolute Gasteiger partial charge is 0.352 e. The molecule has 1 amide bonds. The van der Waals surface area contributed by atoms with Crippen LogP contribution in [0.4, 0.5) is 0 Å². The molecule has 0 spiro atoms. The van der Waals surface area contributed by atoms with Crippen molar-refractivity contribution in [2.75, 3.05) is 13.6 Å². The second kappa shape index (κ2) is 11.7. The highest BCUT2D eigenvalue weighted by molar-refractivity contribution is 5.85. The number of nitrogens with one attached hydrogen (secondary N) is 1. The minimum atomic E-state index is -0.163. The quantitative estimate of drug-likeness (QED) is 0.795. The number of nitrogens with two attached hydrogens (primary N) is 1. The molecule has 22 heavy (non-hydrogen) atoms. The first kappa shape index (κ1) is 23.5. The van der Waals surface area contributed by atoms with Gasteiger partial charge in [-0.25, -0.2) is 0 Å². The molecular formula is C16H29Cl2N3O. The number of halogens is 2.